The average molecular weight is 485 g/mol. The summed E-state index contributed by atoms with van der Waals surface area (Å²) >= 11 is 0. The number of aromatic nitrogens is 2. The summed E-state index contributed by atoms with van der Waals surface area (Å²) in [5.41, 5.74) is 1.22. The fourth-order valence-corrected chi connectivity index (χ4v) is 3.06. The van der Waals surface area contributed by atoms with Gasteiger partial charge in [-0.3, -0.25) is 0 Å². The number of benzene rings is 1. The number of hydrogen-bond acceptors (Lipinski definition) is 5. The van der Waals surface area contributed by atoms with Gasteiger partial charge in [-0.15, -0.1) is 24.0 Å². The second kappa shape index (κ2) is 11.2. The molecule has 0 bridgehead atoms. The number of hydrogen-bond donors (Lipinski definition) is 1. The van der Waals surface area contributed by atoms with Crippen LogP contribution in [0.2, 0.25) is 0 Å². The number of ether oxygens (including phenoxy) is 1. The summed E-state index contributed by atoms with van der Waals surface area (Å²) in [4.78, 5) is 11.1. The van der Waals surface area contributed by atoms with E-state index in [0.717, 1.165) is 38.6 Å². The first kappa shape index (κ1) is 21.6. The smallest absolute Gasteiger partial charge is 0.223 e. The van der Waals surface area contributed by atoms with E-state index in [1.165, 1.54) is 5.56 Å². The van der Waals surface area contributed by atoms with Gasteiger partial charge in [-0.1, -0.05) is 35.5 Å². The quantitative estimate of drug-likeness (QED) is 0.369. The van der Waals surface area contributed by atoms with Crippen LogP contribution >= 0.6 is 24.0 Å². The van der Waals surface area contributed by atoms with E-state index in [9.17, 15) is 0 Å². The van der Waals surface area contributed by atoms with E-state index in [1.54, 1.807) is 6.92 Å². The maximum Gasteiger partial charge on any atom is 0.223 e. The Morgan fingerprint density at radius 2 is 2.19 bits per heavy atom. The molecule has 2 heterocycles. The molecule has 1 aromatic heterocycles. The number of nitrogens with one attached hydrogen (secondary N) is 1. The summed E-state index contributed by atoms with van der Waals surface area (Å²) in [6, 6.07) is 10.3. The molecule has 1 aliphatic heterocycles. The predicted molar refractivity (Wildman–Crippen MR) is 115 cm³/mol. The molecule has 1 saturated heterocycles. The fourth-order valence-electron chi connectivity index (χ4n) is 3.06. The van der Waals surface area contributed by atoms with Crippen LogP contribution in [0.4, 0.5) is 0 Å². The van der Waals surface area contributed by atoms with Crippen LogP contribution in [0.25, 0.3) is 0 Å². The summed E-state index contributed by atoms with van der Waals surface area (Å²) in [6.45, 7) is 8.48. The molecule has 1 unspecified atom stereocenters. The van der Waals surface area contributed by atoms with Crippen molar-refractivity contribution < 1.29 is 9.26 Å². The minimum absolute atomic E-state index is 0. The molecule has 3 rings (SSSR count). The number of likely N-dealkylation sites (tertiary alicyclic amines) is 1. The van der Waals surface area contributed by atoms with Crippen LogP contribution in [-0.4, -0.2) is 47.2 Å². The molecule has 0 radical (unpaired) electrons. The zero-order valence-corrected chi connectivity index (χ0v) is 18.3. The molecule has 1 aliphatic rings. The third kappa shape index (κ3) is 6.76. The minimum atomic E-state index is 0. The Bertz CT molecular complexity index is 707. The number of aryl methyl sites for hydroxylation is 1. The summed E-state index contributed by atoms with van der Waals surface area (Å²) in [5.74, 6) is 2.60. The van der Waals surface area contributed by atoms with Crippen molar-refractivity contribution in [3.8, 4) is 0 Å². The Hall–Kier alpha value is -1.68. The summed E-state index contributed by atoms with van der Waals surface area (Å²) < 4.78 is 10.9. The van der Waals surface area contributed by atoms with Gasteiger partial charge in [0.15, 0.2) is 11.8 Å². The third-order valence-electron chi connectivity index (χ3n) is 4.33. The molecule has 1 N–H and O–H groups in total. The van der Waals surface area contributed by atoms with Gasteiger partial charge in [0.1, 0.15) is 6.54 Å². The molecule has 0 saturated carbocycles. The van der Waals surface area contributed by atoms with E-state index in [1.807, 2.05) is 18.2 Å². The lowest BCUT2D eigenvalue weighted by Crippen LogP contribution is -2.40. The number of guanidine groups is 1. The van der Waals surface area contributed by atoms with Gasteiger partial charge >= 0.3 is 0 Å². The third-order valence-corrected chi connectivity index (χ3v) is 4.33. The molecular formula is C19H28IN5O2. The Kier molecular flexibility index (Phi) is 8.99. The summed E-state index contributed by atoms with van der Waals surface area (Å²) in [6.07, 6.45) is 1.11. The lowest BCUT2D eigenvalue weighted by atomic mass is 10.1. The van der Waals surface area contributed by atoms with Crippen molar-refractivity contribution in [2.24, 2.45) is 10.9 Å². The molecule has 2 aromatic rings. The summed E-state index contributed by atoms with van der Waals surface area (Å²) in [5, 5.41) is 7.25. The normalized spacial score (nSPS) is 17.0. The lowest BCUT2D eigenvalue weighted by molar-refractivity contribution is 0.0906. The maximum absolute atomic E-state index is 5.90. The first-order valence-electron chi connectivity index (χ1n) is 9.18. The van der Waals surface area contributed by atoms with Crippen molar-refractivity contribution in [1.82, 2.24) is 20.4 Å². The van der Waals surface area contributed by atoms with E-state index in [2.05, 4.69) is 44.4 Å². The molecule has 1 aromatic carbocycles. The molecule has 7 nitrogen and oxygen atoms in total. The highest BCUT2D eigenvalue weighted by molar-refractivity contribution is 14.0. The van der Waals surface area contributed by atoms with Crippen LogP contribution in [0.1, 0.15) is 30.6 Å². The monoisotopic (exact) mass is 485 g/mol. The van der Waals surface area contributed by atoms with Gasteiger partial charge in [-0.2, -0.15) is 4.98 Å². The minimum Gasteiger partial charge on any atom is -0.376 e. The van der Waals surface area contributed by atoms with Gasteiger partial charge in [-0.05, 0) is 18.9 Å². The van der Waals surface area contributed by atoms with E-state index in [-0.39, 0.29) is 24.0 Å². The second-order valence-corrected chi connectivity index (χ2v) is 6.50. The highest BCUT2D eigenvalue weighted by atomic mass is 127. The molecule has 1 fully saturated rings. The van der Waals surface area contributed by atoms with Gasteiger partial charge in [0.25, 0.3) is 0 Å². The molecule has 0 amide bonds. The van der Waals surface area contributed by atoms with Crippen molar-refractivity contribution in [3.05, 3.63) is 47.6 Å². The first-order valence-corrected chi connectivity index (χ1v) is 9.18. The zero-order valence-electron chi connectivity index (χ0n) is 15.9. The van der Waals surface area contributed by atoms with Crippen LogP contribution in [0.3, 0.4) is 0 Å². The van der Waals surface area contributed by atoms with Crippen molar-refractivity contribution >= 4 is 29.9 Å². The fraction of sp³-hybridized carbons (Fsp3) is 0.526. The van der Waals surface area contributed by atoms with E-state index in [4.69, 9.17) is 9.26 Å². The van der Waals surface area contributed by atoms with Gasteiger partial charge < -0.3 is 19.5 Å². The highest BCUT2D eigenvalue weighted by Crippen LogP contribution is 2.17. The first-order chi connectivity index (χ1) is 12.7. The number of halogens is 1. The summed E-state index contributed by atoms with van der Waals surface area (Å²) in [7, 11) is 0. The van der Waals surface area contributed by atoms with Crippen LogP contribution < -0.4 is 5.32 Å². The number of rotatable bonds is 7. The standard InChI is InChI=1S/C19H27N5O2.HI/c1-3-20-19(21-11-18-22-15(2)26-23-18)24-10-9-17(12-24)14-25-13-16-7-5-4-6-8-16;/h4-8,17H,3,9-14H2,1-2H3,(H,20,21);1H. The molecule has 148 valence electrons. The molecule has 1 atom stereocenters. The topological polar surface area (TPSA) is 75.8 Å². The van der Waals surface area contributed by atoms with Crippen molar-refractivity contribution in [1.29, 1.82) is 0 Å². The molecule has 0 spiro atoms. The van der Waals surface area contributed by atoms with Gasteiger partial charge in [0.2, 0.25) is 5.89 Å². The zero-order chi connectivity index (χ0) is 18.2. The molecular weight excluding hydrogens is 457 g/mol. The Labute approximate surface area is 177 Å². The van der Waals surface area contributed by atoms with Crippen LogP contribution in [-0.2, 0) is 17.9 Å². The van der Waals surface area contributed by atoms with Crippen molar-refractivity contribution in [2.75, 3.05) is 26.2 Å². The lowest BCUT2D eigenvalue weighted by Gasteiger charge is -2.21. The van der Waals surface area contributed by atoms with Crippen molar-refractivity contribution in [2.45, 2.75) is 33.4 Å². The highest BCUT2D eigenvalue weighted by Gasteiger charge is 2.25. The van der Waals surface area contributed by atoms with Crippen LogP contribution in [0, 0.1) is 12.8 Å². The van der Waals surface area contributed by atoms with Gasteiger partial charge in [0.05, 0.1) is 13.2 Å². The average Bonchev–Trinajstić information content (AvgIpc) is 3.29. The van der Waals surface area contributed by atoms with Crippen LogP contribution in [0.15, 0.2) is 39.8 Å². The van der Waals surface area contributed by atoms with E-state index in [0.29, 0.717) is 30.8 Å². The van der Waals surface area contributed by atoms with E-state index < -0.39 is 0 Å². The number of nitrogens with zero attached hydrogens (tertiary/aromatic N) is 4. The number of aliphatic imine (C=N–C) groups is 1. The van der Waals surface area contributed by atoms with Crippen molar-refractivity contribution in [3.63, 3.8) is 0 Å². The SMILES string of the molecule is CCNC(=NCc1noc(C)n1)N1CCC(COCc2ccccc2)C1.I. The largest absolute Gasteiger partial charge is 0.376 e. The molecule has 0 aliphatic carbocycles. The molecule has 8 heteroatoms. The molecule has 27 heavy (non-hydrogen) atoms. The second-order valence-electron chi connectivity index (χ2n) is 6.50. The van der Waals surface area contributed by atoms with Gasteiger partial charge in [0, 0.05) is 32.5 Å². The van der Waals surface area contributed by atoms with Gasteiger partial charge in [-0.25, -0.2) is 4.99 Å². The predicted octanol–water partition coefficient (Wildman–Crippen LogP) is 3.00. The Morgan fingerprint density at radius 3 is 2.89 bits per heavy atom. The van der Waals surface area contributed by atoms with E-state index >= 15 is 0 Å². The Balaban J connectivity index is 0.00000261. The Morgan fingerprint density at radius 1 is 1.37 bits per heavy atom. The van der Waals surface area contributed by atoms with Crippen LogP contribution in [0.5, 0.6) is 0 Å². The maximum atomic E-state index is 5.90.